The van der Waals surface area contributed by atoms with Gasteiger partial charge in [0.15, 0.2) is 6.29 Å². The average molecular weight is 1000 g/mol. The van der Waals surface area contributed by atoms with E-state index in [0.29, 0.717) is 19.4 Å². The lowest BCUT2D eigenvalue weighted by Crippen LogP contribution is -2.60. The lowest BCUT2D eigenvalue weighted by atomic mass is 9.99. The molecule has 1 rings (SSSR count). The molecule has 0 bridgehead atoms. The molecule has 7 atom stereocenters. The molecule has 0 radical (unpaired) electrons. The van der Waals surface area contributed by atoms with E-state index in [2.05, 4.69) is 55.6 Å². The number of aliphatic hydroxyl groups is 5. The number of unbranched alkanes of at least 4 members (excludes halogenated alkanes) is 30. The van der Waals surface area contributed by atoms with Crippen LogP contribution in [0.5, 0.6) is 0 Å². The van der Waals surface area contributed by atoms with Gasteiger partial charge in [-0.1, -0.05) is 197 Å². The van der Waals surface area contributed by atoms with Crippen molar-refractivity contribution in [2.24, 2.45) is 0 Å². The zero-order chi connectivity index (χ0) is 51.7. The number of esters is 1. The summed E-state index contributed by atoms with van der Waals surface area (Å²) in [4.78, 5) is 25.1. The van der Waals surface area contributed by atoms with E-state index in [9.17, 15) is 35.1 Å². The molecule has 1 saturated heterocycles. The minimum absolute atomic E-state index is 0.0363. The second-order valence-corrected chi connectivity index (χ2v) is 20.3. The average Bonchev–Trinajstić information content (AvgIpc) is 3.37. The van der Waals surface area contributed by atoms with Gasteiger partial charge in [0.05, 0.1) is 32.0 Å². The molecule has 1 aliphatic rings. The van der Waals surface area contributed by atoms with Crippen LogP contribution in [0.4, 0.5) is 0 Å². The van der Waals surface area contributed by atoms with Gasteiger partial charge in [0.1, 0.15) is 24.4 Å². The molecule has 414 valence electrons. The molecule has 1 heterocycles. The summed E-state index contributed by atoms with van der Waals surface area (Å²) in [6.45, 7) is 4.24. The molecule has 0 aliphatic carbocycles. The Morgan fingerprint density at radius 3 is 1.44 bits per heavy atom. The fourth-order valence-corrected chi connectivity index (χ4v) is 8.93. The summed E-state index contributed by atoms with van der Waals surface area (Å²) >= 11 is 0. The first kappa shape index (κ1) is 66.6. The van der Waals surface area contributed by atoms with Gasteiger partial charge in [-0.3, -0.25) is 9.59 Å². The van der Waals surface area contributed by atoms with Gasteiger partial charge in [-0.05, 0) is 96.3 Å². The highest BCUT2D eigenvalue weighted by Gasteiger charge is 2.44. The first-order valence-electron chi connectivity index (χ1n) is 29.4. The van der Waals surface area contributed by atoms with Crippen molar-refractivity contribution in [1.29, 1.82) is 0 Å². The zero-order valence-electron chi connectivity index (χ0n) is 45.4. The second-order valence-electron chi connectivity index (χ2n) is 20.3. The van der Waals surface area contributed by atoms with E-state index < -0.39 is 49.5 Å². The van der Waals surface area contributed by atoms with Crippen LogP contribution in [0.15, 0.2) is 48.6 Å². The summed E-state index contributed by atoms with van der Waals surface area (Å²) in [5.74, 6) is -0.237. The van der Waals surface area contributed by atoms with Gasteiger partial charge < -0.3 is 45.1 Å². The highest BCUT2D eigenvalue weighted by molar-refractivity contribution is 5.76. The maximum atomic E-state index is 13.0. The standard InChI is InChI=1S/C60H109NO10/c1-3-5-7-9-11-13-14-15-16-18-22-25-28-32-36-40-44-48-56(65)69-49-45-41-37-33-29-26-23-20-17-19-21-24-27-31-35-39-43-47-55(64)61-52(53(63)46-42-38-34-30-12-10-8-6-4-2)51-70-60-59(68)58(67)57(66)54(50-62)71-60/h15-17,20,26,29,42,46,52-54,57-60,62-63,66-68H,3-14,18-19,21-25,27-28,30-41,43-45,47-51H2,1-2H3,(H,61,64)/b16-15-,20-17-,29-26-,46-42+. The Kier molecular flexibility index (Phi) is 46.7. The first-order valence-corrected chi connectivity index (χ1v) is 29.4. The van der Waals surface area contributed by atoms with E-state index in [0.717, 1.165) is 96.3 Å². The summed E-state index contributed by atoms with van der Waals surface area (Å²) < 4.78 is 16.6. The van der Waals surface area contributed by atoms with Gasteiger partial charge in [0.25, 0.3) is 0 Å². The smallest absolute Gasteiger partial charge is 0.305 e. The maximum absolute atomic E-state index is 13.0. The molecule has 0 aromatic rings. The van der Waals surface area contributed by atoms with E-state index in [-0.39, 0.29) is 18.5 Å². The van der Waals surface area contributed by atoms with Crippen molar-refractivity contribution in [3.63, 3.8) is 0 Å². The molecule has 1 amide bonds. The van der Waals surface area contributed by atoms with Gasteiger partial charge in [0, 0.05) is 12.8 Å². The van der Waals surface area contributed by atoms with Crippen LogP contribution in [0.25, 0.3) is 0 Å². The number of ether oxygens (including phenoxy) is 3. The normalized spacial score (nSPS) is 19.5. The number of amides is 1. The molecule has 0 saturated carbocycles. The third-order valence-corrected chi connectivity index (χ3v) is 13.7. The van der Waals surface area contributed by atoms with E-state index in [1.165, 1.54) is 135 Å². The highest BCUT2D eigenvalue weighted by Crippen LogP contribution is 2.23. The number of nitrogens with one attached hydrogen (secondary N) is 1. The van der Waals surface area contributed by atoms with Crippen molar-refractivity contribution < 1.29 is 49.3 Å². The van der Waals surface area contributed by atoms with Gasteiger partial charge in [-0.15, -0.1) is 0 Å². The lowest BCUT2D eigenvalue weighted by molar-refractivity contribution is -0.302. The topological polar surface area (TPSA) is 175 Å². The van der Waals surface area contributed by atoms with Gasteiger partial charge in [-0.2, -0.15) is 0 Å². The number of carbonyl (C=O) groups is 2. The lowest BCUT2D eigenvalue weighted by Gasteiger charge is -2.40. The largest absolute Gasteiger partial charge is 0.466 e. The van der Waals surface area contributed by atoms with Crippen LogP contribution in [0.2, 0.25) is 0 Å². The van der Waals surface area contributed by atoms with E-state index in [1.807, 2.05) is 6.08 Å². The summed E-state index contributed by atoms with van der Waals surface area (Å²) in [5.41, 5.74) is 0. The Labute approximate surface area is 434 Å². The third-order valence-electron chi connectivity index (χ3n) is 13.7. The molecule has 1 aliphatic heterocycles. The molecule has 71 heavy (non-hydrogen) atoms. The molecule has 7 unspecified atom stereocenters. The Morgan fingerprint density at radius 1 is 0.521 bits per heavy atom. The number of hydrogen-bond acceptors (Lipinski definition) is 10. The quantitative estimate of drug-likeness (QED) is 0.0195. The summed E-state index contributed by atoms with van der Waals surface area (Å²) in [6, 6.07) is -0.821. The summed E-state index contributed by atoms with van der Waals surface area (Å²) in [6.07, 6.45) is 52.1. The van der Waals surface area contributed by atoms with Crippen molar-refractivity contribution in [1.82, 2.24) is 5.32 Å². The SMILES string of the molecule is CCCCCCCC/C=C\CCCCCCCCCC(=O)OCCCCC/C=C\C/C=C\CCCCCCCCCC(=O)NC(COC1OC(CO)C(O)C(O)C1O)C(O)/C=C/CCCCCCCCC. The highest BCUT2D eigenvalue weighted by atomic mass is 16.7. The van der Waals surface area contributed by atoms with Crippen LogP contribution in [0.1, 0.15) is 258 Å². The van der Waals surface area contributed by atoms with Gasteiger partial charge >= 0.3 is 5.97 Å². The Morgan fingerprint density at radius 2 is 0.944 bits per heavy atom. The van der Waals surface area contributed by atoms with Crippen LogP contribution in [-0.2, 0) is 23.8 Å². The first-order chi connectivity index (χ1) is 34.7. The zero-order valence-corrected chi connectivity index (χ0v) is 45.4. The molecular weight excluding hydrogens is 895 g/mol. The fourth-order valence-electron chi connectivity index (χ4n) is 8.93. The predicted molar refractivity (Wildman–Crippen MR) is 292 cm³/mol. The van der Waals surface area contributed by atoms with Crippen molar-refractivity contribution in [3.8, 4) is 0 Å². The summed E-state index contributed by atoms with van der Waals surface area (Å²) in [7, 11) is 0. The molecule has 6 N–H and O–H groups in total. The number of aliphatic hydroxyl groups excluding tert-OH is 5. The molecular formula is C60H109NO10. The second kappa shape index (κ2) is 49.8. The van der Waals surface area contributed by atoms with Crippen LogP contribution < -0.4 is 5.32 Å². The Balaban J connectivity index is 2.07. The van der Waals surface area contributed by atoms with Crippen molar-refractivity contribution in [2.75, 3.05) is 19.8 Å². The molecule has 11 nitrogen and oxygen atoms in total. The minimum Gasteiger partial charge on any atom is -0.466 e. The predicted octanol–water partition coefficient (Wildman–Crippen LogP) is 13.3. The van der Waals surface area contributed by atoms with Crippen LogP contribution >= 0.6 is 0 Å². The van der Waals surface area contributed by atoms with Gasteiger partial charge in [0.2, 0.25) is 5.91 Å². The van der Waals surface area contributed by atoms with Crippen LogP contribution in [0.3, 0.4) is 0 Å². The van der Waals surface area contributed by atoms with Crippen molar-refractivity contribution in [3.05, 3.63) is 48.6 Å². The number of carbonyl (C=O) groups excluding carboxylic acids is 2. The molecule has 0 aromatic carbocycles. The number of rotatable bonds is 50. The van der Waals surface area contributed by atoms with Gasteiger partial charge in [-0.25, -0.2) is 0 Å². The number of allylic oxidation sites excluding steroid dienone is 7. The molecule has 1 fully saturated rings. The van der Waals surface area contributed by atoms with Crippen LogP contribution in [-0.4, -0.2) is 100 Å². The number of hydrogen-bond donors (Lipinski definition) is 6. The minimum atomic E-state index is -1.58. The van der Waals surface area contributed by atoms with E-state index >= 15 is 0 Å². The Hall–Kier alpha value is -2.38. The summed E-state index contributed by atoms with van der Waals surface area (Å²) in [5, 5.41) is 54.1. The van der Waals surface area contributed by atoms with Crippen molar-refractivity contribution in [2.45, 2.75) is 301 Å². The fraction of sp³-hybridized carbons (Fsp3) is 0.833. The van der Waals surface area contributed by atoms with E-state index in [4.69, 9.17) is 14.2 Å². The third kappa shape index (κ3) is 39.7. The van der Waals surface area contributed by atoms with Crippen LogP contribution in [0, 0.1) is 0 Å². The monoisotopic (exact) mass is 1000 g/mol. The molecule has 11 heteroatoms. The van der Waals surface area contributed by atoms with E-state index in [1.54, 1.807) is 6.08 Å². The molecule has 0 aromatic heterocycles. The van der Waals surface area contributed by atoms with Crippen molar-refractivity contribution >= 4 is 11.9 Å². The Bertz CT molecular complexity index is 1320. The maximum Gasteiger partial charge on any atom is 0.305 e. The molecule has 0 spiro atoms.